The van der Waals surface area contributed by atoms with Crippen molar-refractivity contribution < 1.29 is 14.3 Å². The number of ether oxygens (including phenoxy) is 1. The van der Waals surface area contributed by atoms with Gasteiger partial charge in [-0.2, -0.15) is 0 Å². The van der Waals surface area contributed by atoms with Gasteiger partial charge in [-0.05, 0) is 19.4 Å². The summed E-state index contributed by atoms with van der Waals surface area (Å²) in [6.07, 6.45) is 2.72. The Morgan fingerprint density at radius 1 is 1.57 bits per heavy atom. The van der Waals surface area contributed by atoms with Gasteiger partial charge in [0.25, 0.3) is 0 Å². The summed E-state index contributed by atoms with van der Waals surface area (Å²) >= 11 is 0. The van der Waals surface area contributed by atoms with Crippen LogP contribution in [0.25, 0.3) is 0 Å². The van der Waals surface area contributed by atoms with Crippen molar-refractivity contribution in [2.24, 2.45) is 5.92 Å². The van der Waals surface area contributed by atoms with Crippen molar-refractivity contribution in [3.63, 3.8) is 0 Å². The second kappa shape index (κ2) is 5.05. The van der Waals surface area contributed by atoms with Gasteiger partial charge in [0.15, 0.2) is 11.6 Å². The van der Waals surface area contributed by atoms with E-state index in [2.05, 4.69) is 0 Å². The lowest BCUT2D eigenvalue weighted by atomic mass is 9.95. The average molecular weight is 196 g/mol. The summed E-state index contributed by atoms with van der Waals surface area (Å²) in [4.78, 5) is 22.7. The maximum atomic E-state index is 11.6. The monoisotopic (exact) mass is 196 g/mol. The van der Waals surface area contributed by atoms with E-state index in [-0.39, 0.29) is 24.1 Å². The van der Waals surface area contributed by atoms with Gasteiger partial charge >= 0.3 is 0 Å². The molecular formula is C11H16O3. The standard InChI is InChI=1S/C11H16O3/c1-3-8-5-9(12)6-10(8)11(13)7-14-4-2/h5,10H,3-4,6-7H2,1-2H3. The fraction of sp³-hybridized carbons (Fsp3) is 0.636. The van der Waals surface area contributed by atoms with Crippen LogP contribution in [0.5, 0.6) is 0 Å². The highest BCUT2D eigenvalue weighted by Crippen LogP contribution is 2.26. The molecule has 1 aliphatic rings. The van der Waals surface area contributed by atoms with E-state index in [0.29, 0.717) is 13.0 Å². The van der Waals surface area contributed by atoms with Crippen molar-refractivity contribution in [1.82, 2.24) is 0 Å². The number of rotatable bonds is 5. The maximum Gasteiger partial charge on any atom is 0.166 e. The lowest BCUT2D eigenvalue weighted by Gasteiger charge is -2.11. The first-order chi connectivity index (χ1) is 6.69. The molecule has 3 nitrogen and oxygen atoms in total. The third-order valence-corrected chi connectivity index (χ3v) is 2.44. The molecule has 0 heterocycles. The Labute approximate surface area is 84.1 Å². The Morgan fingerprint density at radius 3 is 2.86 bits per heavy atom. The van der Waals surface area contributed by atoms with Gasteiger partial charge < -0.3 is 4.74 Å². The molecule has 0 spiro atoms. The lowest BCUT2D eigenvalue weighted by Crippen LogP contribution is -2.20. The van der Waals surface area contributed by atoms with Crippen LogP contribution >= 0.6 is 0 Å². The number of hydrogen-bond donors (Lipinski definition) is 0. The van der Waals surface area contributed by atoms with Crippen LogP contribution in [-0.4, -0.2) is 24.8 Å². The van der Waals surface area contributed by atoms with Gasteiger partial charge in [-0.3, -0.25) is 9.59 Å². The van der Waals surface area contributed by atoms with Crippen LogP contribution in [0.15, 0.2) is 11.6 Å². The maximum absolute atomic E-state index is 11.6. The van der Waals surface area contributed by atoms with E-state index in [4.69, 9.17) is 4.74 Å². The Bertz CT molecular complexity index is 266. The number of allylic oxidation sites excluding steroid dienone is 2. The molecule has 78 valence electrons. The molecule has 0 aromatic carbocycles. The van der Waals surface area contributed by atoms with Crippen molar-refractivity contribution in [2.75, 3.05) is 13.2 Å². The van der Waals surface area contributed by atoms with Gasteiger partial charge in [-0.1, -0.05) is 12.5 Å². The molecule has 0 saturated heterocycles. The van der Waals surface area contributed by atoms with E-state index in [1.807, 2.05) is 13.8 Å². The quantitative estimate of drug-likeness (QED) is 0.669. The first-order valence-corrected chi connectivity index (χ1v) is 5.02. The van der Waals surface area contributed by atoms with Crippen molar-refractivity contribution in [3.8, 4) is 0 Å². The van der Waals surface area contributed by atoms with Crippen molar-refractivity contribution in [1.29, 1.82) is 0 Å². The van der Waals surface area contributed by atoms with Gasteiger partial charge in [0.2, 0.25) is 0 Å². The molecule has 0 amide bonds. The predicted molar refractivity (Wildman–Crippen MR) is 53.0 cm³/mol. The Kier molecular flexibility index (Phi) is 4.01. The van der Waals surface area contributed by atoms with E-state index in [9.17, 15) is 9.59 Å². The first-order valence-electron chi connectivity index (χ1n) is 5.02. The summed E-state index contributed by atoms with van der Waals surface area (Å²) in [6.45, 7) is 4.48. The van der Waals surface area contributed by atoms with Gasteiger partial charge in [0.1, 0.15) is 6.61 Å². The summed E-state index contributed by atoms with van der Waals surface area (Å²) in [6, 6.07) is 0. The molecule has 1 rings (SSSR count). The highest BCUT2D eigenvalue weighted by atomic mass is 16.5. The molecule has 14 heavy (non-hydrogen) atoms. The molecule has 0 aromatic rings. The molecular weight excluding hydrogens is 180 g/mol. The first kappa shape index (κ1) is 11.1. The number of carbonyl (C=O) groups is 2. The van der Waals surface area contributed by atoms with E-state index < -0.39 is 0 Å². The molecule has 3 heteroatoms. The largest absolute Gasteiger partial charge is 0.374 e. The SMILES string of the molecule is CCOCC(=O)C1CC(=O)C=C1CC. The van der Waals surface area contributed by atoms with Gasteiger partial charge in [0.05, 0.1) is 0 Å². The smallest absolute Gasteiger partial charge is 0.166 e. The minimum atomic E-state index is -0.209. The normalized spacial score (nSPS) is 21.1. The van der Waals surface area contributed by atoms with E-state index >= 15 is 0 Å². The summed E-state index contributed by atoms with van der Waals surface area (Å²) in [5.41, 5.74) is 0.958. The summed E-state index contributed by atoms with van der Waals surface area (Å²) in [7, 11) is 0. The van der Waals surface area contributed by atoms with Crippen molar-refractivity contribution >= 4 is 11.6 Å². The number of hydrogen-bond acceptors (Lipinski definition) is 3. The van der Waals surface area contributed by atoms with Crippen LogP contribution in [0, 0.1) is 5.92 Å². The van der Waals surface area contributed by atoms with Crippen LogP contribution < -0.4 is 0 Å². The van der Waals surface area contributed by atoms with Gasteiger partial charge in [-0.15, -0.1) is 0 Å². The summed E-state index contributed by atoms with van der Waals surface area (Å²) in [5.74, 6) is -0.110. The fourth-order valence-electron chi connectivity index (χ4n) is 1.67. The fourth-order valence-corrected chi connectivity index (χ4v) is 1.67. The Hall–Kier alpha value is -0.960. The van der Waals surface area contributed by atoms with E-state index in [1.165, 1.54) is 0 Å². The zero-order valence-electron chi connectivity index (χ0n) is 8.71. The highest BCUT2D eigenvalue weighted by Gasteiger charge is 2.29. The Morgan fingerprint density at radius 2 is 2.29 bits per heavy atom. The molecule has 0 saturated carbocycles. The molecule has 0 N–H and O–H groups in total. The molecule has 1 aliphatic carbocycles. The highest BCUT2D eigenvalue weighted by molar-refractivity contribution is 6.00. The second-order valence-corrected chi connectivity index (χ2v) is 3.40. The third-order valence-electron chi connectivity index (χ3n) is 2.44. The topological polar surface area (TPSA) is 43.4 Å². The number of Topliss-reactive ketones (excluding diaryl/α,β-unsaturated/α-hetero) is 1. The van der Waals surface area contributed by atoms with Crippen LogP contribution in [0.2, 0.25) is 0 Å². The molecule has 0 aliphatic heterocycles. The zero-order valence-corrected chi connectivity index (χ0v) is 8.71. The Balaban J connectivity index is 2.56. The average Bonchev–Trinajstić information content (AvgIpc) is 2.56. The lowest BCUT2D eigenvalue weighted by molar-refractivity contribution is -0.128. The third kappa shape index (κ3) is 2.51. The van der Waals surface area contributed by atoms with Crippen LogP contribution in [0.4, 0.5) is 0 Å². The van der Waals surface area contributed by atoms with Crippen LogP contribution in [0.1, 0.15) is 26.7 Å². The van der Waals surface area contributed by atoms with Crippen molar-refractivity contribution in [3.05, 3.63) is 11.6 Å². The minimum Gasteiger partial charge on any atom is -0.374 e. The minimum absolute atomic E-state index is 0.0331. The summed E-state index contributed by atoms with van der Waals surface area (Å²) < 4.78 is 5.05. The van der Waals surface area contributed by atoms with Crippen LogP contribution in [0.3, 0.4) is 0 Å². The van der Waals surface area contributed by atoms with E-state index in [0.717, 1.165) is 12.0 Å². The number of carbonyl (C=O) groups excluding carboxylic acids is 2. The summed E-state index contributed by atoms with van der Waals surface area (Å²) in [5, 5.41) is 0. The van der Waals surface area contributed by atoms with E-state index in [1.54, 1.807) is 6.08 Å². The second-order valence-electron chi connectivity index (χ2n) is 3.40. The molecule has 0 fully saturated rings. The molecule has 0 bridgehead atoms. The number of ketones is 2. The molecule has 1 unspecified atom stereocenters. The predicted octanol–water partition coefficient (Wildman–Crippen LogP) is 1.52. The zero-order chi connectivity index (χ0) is 10.6. The van der Waals surface area contributed by atoms with Crippen LogP contribution in [-0.2, 0) is 14.3 Å². The van der Waals surface area contributed by atoms with Crippen molar-refractivity contribution in [2.45, 2.75) is 26.7 Å². The molecule has 0 aromatic heterocycles. The van der Waals surface area contributed by atoms with Gasteiger partial charge in [-0.25, -0.2) is 0 Å². The molecule has 0 radical (unpaired) electrons. The molecule has 1 atom stereocenters. The van der Waals surface area contributed by atoms with Gasteiger partial charge in [0, 0.05) is 18.9 Å².